The molecule has 0 saturated carbocycles. The lowest BCUT2D eigenvalue weighted by Gasteiger charge is -2.26. The molecule has 2 aromatic carbocycles. The Labute approximate surface area is 292 Å². The van der Waals surface area contributed by atoms with E-state index in [-0.39, 0.29) is 65.7 Å². The highest BCUT2D eigenvalue weighted by molar-refractivity contribution is 5.71. The topological polar surface area (TPSA) is 86.7 Å². The second-order valence-corrected chi connectivity index (χ2v) is 11.8. The van der Waals surface area contributed by atoms with E-state index >= 15 is 0 Å². The van der Waals surface area contributed by atoms with Crippen molar-refractivity contribution >= 4 is 11.9 Å². The average molecular weight is 745 g/mol. The number of halogens is 9. The van der Waals surface area contributed by atoms with E-state index in [0.717, 1.165) is 17.0 Å². The first-order valence-corrected chi connectivity index (χ1v) is 15.6. The molecule has 0 bridgehead atoms. The summed E-state index contributed by atoms with van der Waals surface area (Å²) in [6, 6.07) is 7.10. The number of nitrogens with zero attached hydrogens (tertiary/aromatic N) is 4. The fraction of sp³-hybridized carbons (Fsp3) is 0.371. The van der Waals surface area contributed by atoms with Crippen LogP contribution in [0, 0.1) is 0 Å². The molecular formula is C35H33F9N4O4. The standard InChI is InChI=1S/C35H33F9N4O4/c1-20(2)28-9-10-29(50-3)31(47-28)27-8-7-23(33(36,37)38)14-22(27)19-48(32-45-16-26(17-46-32)52-11-5-6-30(49)51-4)18-21-12-24(34(39,40)41)15-25(13-21)35(42,43)44/h7-10,12-17,20H,5-6,11,18-19H2,1-4H3. The van der Waals surface area contributed by atoms with Crippen LogP contribution in [-0.4, -0.2) is 41.7 Å². The van der Waals surface area contributed by atoms with Gasteiger partial charge >= 0.3 is 24.5 Å². The van der Waals surface area contributed by atoms with Crippen molar-refractivity contribution in [1.82, 2.24) is 15.0 Å². The van der Waals surface area contributed by atoms with Gasteiger partial charge in [-0.05, 0) is 65.9 Å². The number of benzene rings is 2. The molecule has 8 nitrogen and oxygen atoms in total. The van der Waals surface area contributed by atoms with Crippen molar-refractivity contribution in [2.75, 3.05) is 25.7 Å². The van der Waals surface area contributed by atoms with Gasteiger partial charge in [-0.15, -0.1) is 0 Å². The smallest absolute Gasteiger partial charge is 0.416 e. The van der Waals surface area contributed by atoms with Gasteiger partial charge in [0.1, 0.15) is 11.4 Å². The number of carbonyl (C=O) groups excluding carboxylic acids is 1. The summed E-state index contributed by atoms with van der Waals surface area (Å²) in [4.78, 5) is 25.5. The summed E-state index contributed by atoms with van der Waals surface area (Å²) in [7, 11) is 2.56. The van der Waals surface area contributed by atoms with E-state index in [1.165, 1.54) is 32.7 Å². The predicted octanol–water partition coefficient (Wildman–Crippen LogP) is 9.27. The molecule has 0 saturated heterocycles. The second-order valence-electron chi connectivity index (χ2n) is 11.8. The summed E-state index contributed by atoms with van der Waals surface area (Å²) in [5.74, 6) is -0.517. The number of methoxy groups -OCH3 is 2. The molecule has 2 heterocycles. The molecule has 0 aliphatic carbocycles. The van der Waals surface area contributed by atoms with Gasteiger partial charge in [0, 0.05) is 30.8 Å². The van der Waals surface area contributed by atoms with E-state index in [0.29, 0.717) is 17.8 Å². The third-order valence-electron chi connectivity index (χ3n) is 7.68. The number of hydrogen-bond donors (Lipinski definition) is 0. The van der Waals surface area contributed by atoms with E-state index in [4.69, 9.17) is 9.47 Å². The van der Waals surface area contributed by atoms with Crippen molar-refractivity contribution in [1.29, 1.82) is 0 Å². The maximum absolute atomic E-state index is 14.0. The monoisotopic (exact) mass is 744 g/mol. The van der Waals surface area contributed by atoms with Crippen molar-refractivity contribution in [2.45, 2.75) is 64.2 Å². The number of ether oxygens (including phenoxy) is 3. The molecule has 0 atom stereocenters. The van der Waals surface area contributed by atoms with Crippen molar-refractivity contribution in [3.8, 4) is 22.8 Å². The van der Waals surface area contributed by atoms with E-state index in [1.54, 1.807) is 12.1 Å². The molecule has 0 amide bonds. The van der Waals surface area contributed by atoms with Crippen LogP contribution in [0.15, 0.2) is 60.9 Å². The fourth-order valence-corrected chi connectivity index (χ4v) is 5.06. The Hall–Kier alpha value is -5.09. The highest BCUT2D eigenvalue weighted by atomic mass is 19.4. The molecule has 52 heavy (non-hydrogen) atoms. The number of alkyl halides is 9. The van der Waals surface area contributed by atoms with Gasteiger partial charge in [0.05, 0.1) is 49.9 Å². The van der Waals surface area contributed by atoms with Crippen LogP contribution in [0.3, 0.4) is 0 Å². The van der Waals surface area contributed by atoms with Crippen molar-refractivity contribution in [2.24, 2.45) is 0 Å². The van der Waals surface area contributed by atoms with Crippen LogP contribution in [0.4, 0.5) is 45.5 Å². The van der Waals surface area contributed by atoms with E-state index < -0.39 is 59.8 Å². The first-order chi connectivity index (χ1) is 24.3. The zero-order valence-corrected chi connectivity index (χ0v) is 28.2. The van der Waals surface area contributed by atoms with E-state index in [9.17, 15) is 44.3 Å². The van der Waals surface area contributed by atoms with Gasteiger partial charge in [0.15, 0.2) is 5.75 Å². The maximum Gasteiger partial charge on any atom is 0.416 e. The molecule has 0 unspecified atom stereocenters. The Morgan fingerprint density at radius 2 is 1.40 bits per heavy atom. The first kappa shape index (κ1) is 39.7. The van der Waals surface area contributed by atoms with Crippen LogP contribution in [0.2, 0.25) is 0 Å². The summed E-state index contributed by atoms with van der Waals surface area (Å²) < 4.78 is 140. The Bertz CT molecular complexity index is 1810. The van der Waals surface area contributed by atoms with Crippen LogP contribution in [0.5, 0.6) is 11.5 Å². The Morgan fingerprint density at radius 3 is 1.94 bits per heavy atom. The zero-order chi connectivity index (χ0) is 38.4. The predicted molar refractivity (Wildman–Crippen MR) is 170 cm³/mol. The summed E-state index contributed by atoms with van der Waals surface area (Å²) in [6.07, 6.45) is -12.5. The SMILES string of the molecule is COC(=O)CCCOc1cnc(N(Cc2cc(C(F)(F)F)cc(C(F)(F)F)c2)Cc2cc(C(F)(F)F)ccc2-c2nc(C(C)C)ccc2OC)nc1. The van der Waals surface area contributed by atoms with E-state index in [1.807, 2.05) is 13.8 Å². The number of aromatic nitrogens is 3. The zero-order valence-electron chi connectivity index (χ0n) is 28.2. The molecule has 0 radical (unpaired) electrons. The number of hydrogen-bond acceptors (Lipinski definition) is 8. The number of anilines is 1. The summed E-state index contributed by atoms with van der Waals surface area (Å²) in [6.45, 7) is 2.51. The Kier molecular flexibility index (Phi) is 12.3. The molecule has 0 aliphatic heterocycles. The van der Waals surface area contributed by atoms with Crippen LogP contribution in [-0.2, 0) is 41.1 Å². The number of pyridine rings is 1. The fourth-order valence-electron chi connectivity index (χ4n) is 5.06. The third kappa shape index (κ3) is 10.3. The van der Waals surface area contributed by atoms with Crippen LogP contribution >= 0.6 is 0 Å². The van der Waals surface area contributed by atoms with Gasteiger partial charge in [-0.25, -0.2) is 15.0 Å². The molecule has 0 fully saturated rings. The normalized spacial score (nSPS) is 12.2. The molecule has 17 heteroatoms. The molecule has 0 N–H and O–H groups in total. The summed E-state index contributed by atoms with van der Waals surface area (Å²) >= 11 is 0. The molecule has 4 rings (SSSR count). The molecular weight excluding hydrogens is 711 g/mol. The lowest BCUT2D eigenvalue weighted by Crippen LogP contribution is -2.26. The molecule has 4 aromatic rings. The number of rotatable bonds is 13. The number of esters is 1. The molecule has 0 aliphatic rings. The Morgan fingerprint density at radius 1 is 0.788 bits per heavy atom. The lowest BCUT2D eigenvalue weighted by atomic mass is 9.98. The minimum atomic E-state index is -5.15. The Balaban J connectivity index is 1.85. The van der Waals surface area contributed by atoms with Crippen LogP contribution < -0.4 is 14.4 Å². The molecule has 0 spiro atoms. The number of carbonyl (C=O) groups is 1. The summed E-state index contributed by atoms with van der Waals surface area (Å²) in [5, 5.41) is 0. The van der Waals surface area contributed by atoms with Gasteiger partial charge in [-0.1, -0.05) is 19.9 Å². The van der Waals surface area contributed by atoms with Gasteiger partial charge in [0.2, 0.25) is 5.95 Å². The molecule has 2 aromatic heterocycles. The highest BCUT2D eigenvalue weighted by Gasteiger charge is 2.37. The second kappa shape index (κ2) is 16.1. The van der Waals surface area contributed by atoms with Gasteiger partial charge in [-0.3, -0.25) is 4.79 Å². The highest BCUT2D eigenvalue weighted by Crippen LogP contribution is 2.39. The van der Waals surface area contributed by atoms with E-state index in [2.05, 4.69) is 19.7 Å². The van der Waals surface area contributed by atoms with Crippen molar-refractivity contribution in [3.05, 3.63) is 94.4 Å². The minimum Gasteiger partial charge on any atom is -0.494 e. The minimum absolute atomic E-state index is 0.0265. The van der Waals surface area contributed by atoms with Crippen LogP contribution in [0.1, 0.15) is 66.1 Å². The first-order valence-electron chi connectivity index (χ1n) is 15.6. The van der Waals surface area contributed by atoms with Crippen molar-refractivity contribution in [3.63, 3.8) is 0 Å². The lowest BCUT2D eigenvalue weighted by molar-refractivity contribution is -0.143. The quantitative estimate of drug-likeness (QED) is 0.0761. The van der Waals surface area contributed by atoms with Crippen molar-refractivity contribution < 1.29 is 58.5 Å². The molecule has 280 valence electrons. The van der Waals surface area contributed by atoms with Crippen LogP contribution in [0.25, 0.3) is 11.3 Å². The average Bonchev–Trinajstić information content (AvgIpc) is 3.08. The van der Waals surface area contributed by atoms with Gasteiger partial charge < -0.3 is 19.1 Å². The largest absolute Gasteiger partial charge is 0.494 e. The third-order valence-corrected chi connectivity index (χ3v) is 7.68. The van der Waals surface area contributed by atoms with Gasteiger partial charge in [0.25, 0.3) is 0 Å². The van der Waals surface area contributed by atoms with Gasteiger partial charge in [-0.2, -0.15) is 39.5 Å². The summed E-state index contributed by atoms with van der Waals surface area (Å²) in [5.41, 5.74) is -3.86. The maximum atomic E-state index is 14.0.